The van der Waals surface area contributed by atoms with E-state index in [-0.39, 0.29) is 5.69 Å². The van der Waals surface area contributed by atoms with Crippen LogP contribution in [0.2, 0.25) is 0 Å². The van der Waals surface area contributed by atoms with Crippen LogP contribution in [0.15, 0.2) is 48.5 Å². The van der Waals surface area contributed by atoms with E-state index in [9.17, 15) is 10.1 Å². The van der Waals surface area contributed by atoms with Crippen LogP contribution in [0.4, 0.5) is 5.69 Å². The molecule has 0 bridgehead atoms. The highest BCUT2D eigenvalue weighted by atomic mass is 79.9. The van der Waals surface area contributed by atoms with Gasteiger partial charge in [-0.15, -0.1) is 0 Å². The van der Waals surface area contributed by atoms with E-state index in [0.29, 0.717) is 0 Å². The van der Waals surface area contributed by atoms with Crippen LogP contribution in [0.1, 0.15) is 36.8 Å². The molecule has 132 valence electrons. The first-order valence-electron chi connectivity index (χ1n) is 8.40. The smallest absolute Gasteiger partial charge is 0.269 e. The summed E-state index contributed by atoms with van der Waals surface area (Å²) in [5.74, 6) is 0.882. The molecule has 2 rings (SSSR count). The fourth-order valence-electron chi connectivity index (χ4n) is 2.31. The van der Waals surface area contributed by atoms with E-state index in [1.807, 2.05) is 36.4 Å². The summed E-state index contributed by atoms with van der Waals surface area (Å²) in [6, 6.07) is 14.4. The lowest BCUT2D eigenvalue weighted by Crippen LogP contribution is -1.97. The summed E-state index contributed by atoms with van der Waals surface area (Å²) in [5, 5.41) is 11.7. The lowest BCUT2D eigenvalue weighted by atomic mass is 10.1. The van der Waals surface area contributed by atoms with Crippen LogP contribution in [-0.4, -0.2) is 16.9 Å². The zero-order valence-corrected chi connectivity index (χ0v) is 15.7. The monoisotopic (exact) mass is 403 g/mol. The molecule has 4 nitrogen and oxygen atoms in total. The number of hydrogen-bond donors (Lipinski definition) is 0. The second-order valence-corrected chi connectivity index (χ2v) is 6.50. The second-order valence-electron chi connectivity index (χ2n) is 5.70. The molecule has 0 N–H and O–H groups in total. The van der Waals surface area contributed by atoms with Gasteiger partial charge in [0, 0.05) is 17.5 Å². The standard InChI is InChI=1S/C20H22BrNO3/c21-15-3-1-2-4-16-25-20-13-9-18(10-14-20)6-5-17-7-11-19(12-8-17)22(23)24/h5-14H,1-4,15-16H2. The van der Waals surface area contributed by atoms with Crippen molar-refractivity contribution in [3.05, 3.63) is 69.8 Å². The van der Waals surface area contributed by atoms with E-state index in [0.717, 1.165) is 35.2 Å². The number of non-ortho nitro benzene ring substituents is 1. The van der Waals surface area contributed by atoms with Gasteiger partial charge in [-0.25, -0.2) is 0 Å². The number of nitrogens with zero attached hydrogens (tertiary/aromatic N) is 1. The number of halogens is 1. The van der Waals surface area contributed by atoms with Gasteiger partial charge in [-0.1, -0.05) is 53.1 Å². The third-order valence-corrected chi connectivity index (χ3v) is 4.31. The van der Waals surface area contributed by atoms with E-state index in [2.05, 4.69) is 15.9 Å². The Balaban J connectivity index is 1.80. The predicted molar refractivity (Wildman–Crippen MR) is 106 cm³/mol. The Morgan fingerprint density at radius 3 is 2.00 bits per heavy atom. The number of alkyl halides is 1. The van der Waals surface area contributed by atoms with Gasteiger partial charge in [-0.3, -0.25) is 10.1 Å². The van der Waals surface area contributed by atoms with Gasteiger partial charge in [0.25, 0.3) is 5.69 Å². The molecule has 0 amide bonds. The Morgan fingerprint density at radius 1 is 0.880 bits per heavy atom. The summed E-state index contributed by atoms with van der Waals surface area (Å²) < 4.78 is 5.74. The maximum atomic E-state index is 10.6. The number of unbranched alkanes of at least 4 members (excludes halogenated alkanes) is 3. The average molecular weight is 404 g/mol. The van der Waals surface area contributed by atoms with Crippen molar-refractivity contribution in [2.24, 2.45) is 0 Å². The van der Waals surface area contributed by atoms with E-state index >= 15 is 0 Å². The minimum atomic E-state index is -0.395. The van der Waals surface area contributed by atoms with Crippen molar-refractivity contribution in [1.82, 2.24) is 0 Å². The molecule has 0 aliphatic heterocycles. The van der Waals surface area contributed by atoms with Gasteiger partial charge in [-0.2, -0.15) is 0 Å². The fraction of sp³-hybridized carbons (Fsp3) is 0.300. The molecule has 0 saturated heterocycles. The summed E-state index contributed by atoms with van der Waals surface area (Å²) in [4.78, 5) is 10.2. The van der Waals surface area contributed by atoms with Gasteiger partial charge in [0.1, 0.15) is 5.75 Å². The topological polar surface area (TPSA) is 52.4 Å². The quantitative estimate of drug-likeness (QED) is 0.158. The SMILES string of the molecule is O=[N+]([O-])c1ccc(C=Cc2ccc(OCCCCCCBr)cc2)cc1. The summed E-state index contributed by atoms with van der Waals surface area (Å²) in [6.45, 7) is 0.750. The van der Waals surface area contributed by atoms with Crippen LogP contribution in [0.5, 0.6) is 5.75 Å². The first-order valence-corrected chi connectivity index (χ1v) is 9.52. The molecule has 0 aliphatic carbocycles. The fourth-order valence-corrected chi connectivity index (χ4v) is 2.71. The Hall–Kier alpha value is -2.14. The van der Waals surface area contributed by atoms with Gasteiger partial charge in [0.05, 0.1) is 11.5 Å². The third kappa shape index (κ3) is 7.10. The van der Waals surface area contributed by atoms with E-state index in [1.165, 1.54) is 31.4 Å². The van der Waals surface area contributed by atoms with Crippen molar-refractivity contribution in [3.63, 3.8) is 0 Å². The molecule has 0 radical (unpaired) electrons. The normalized spacial score (nSPS) is 10.9. The van der Waals surface area contributed by atoms with Crippen molar-refractivity contribution in [2.75, 3.05) is 11.9 Å². The van der Waals surface area contributed by atoms with Crippen LogP contribution in [-0.2, 0) is 0 Å². The molecule has 0 atom stereocenters. The number of ether oxygens (including phenoxy) is 1. The van der Waals surface area contributed by atoms with Crippen LogP contribution < -0.4 is 4.74 Å². The zero-order valence-electron chi connectivity index (χ0n) is 14.1. The van der Waals surface area contributed by atoms with Crippen LogP contribution >= 0.6 is 15.9 Å². The molecule has 0 unspecified atom stereocenters. The maximum absolute atomic E-state index is 10.6. The van der Waals surface area contributed by atoms with E-state index in [4.69, 9.17) is 4.74 Å². The Morgan fingerprint density at radius 2 is 1.44 bits per heavy atom. The third-order valence-electron chi connectivity index (χ3n) is 3.75. The Labute approximate surface area is 156 Å². The first-order chi connectivity index (χ1) is 12.2. The number of nitro benzene ring substituents is 1. The van der Waals surface area contributed by atoms with Gasteiger partial charge >= 0.3 is 0 Å². The van der Waals surface area contributed by atoms with Gasteiger partial charge < -0.3 is 4.74 Å². The first kappa shape index (κ1) is 19.2. The van der Waals surface area contributed by atoms with Crippen molar-refractivity contribution in [1.29, 1.82) is 0 Å². The highest BCUT2D eigenvalue weighted by Gasteiger charge is 2.02. The summed E-state index contributed by atoms with van der Waals surface area (Å²) in [6.07, 6.45) is 8.64. The number of nitro groups is 1. The van der Waals surface area contributed by atoms with E-state index in [1.54, 1.807) is 12.1 Å². The predicted octanol–water partition coefficient (Wildman–Crippen LogP) is 6.10. The van der Waals surface area contributed by atoms with Crippen molar-refractivity contribution in [2.45, 2.75) is 25.7 Å². The Kier molecular flexibility index (Phi) is 8.19. The molecule has 0 saturated carbocycles. The molecule has 0 spiro atoms. The van der Waals surface area contributed by atoms with Crippen molar-refractivity contribution >= 4 is 33.8 Å². The molecule has 5 heteroatoms. The molecule has 0 aromatic heterocycles. The molecule has 0 heterocycles. The molecule has 0 fully saturated rings. The Bertz CT molecular complexity index is 681. The summed E-state index contributed by atoms with van der Waals surface area (Å²) >= 11 is 3.43. The largest absolute Gasteiger partial charge is 0.494 e. The van der Waals surface area contributed by atoms with Crippen molar-refractivity contribution in [3.8, 4) is 5.75 Å². The lowest BCUT2D eigenvalue weighted by molar-refractivity contribution is -0.384. The van der Waals surface area contributed by atoms with Crippen molar-refractivity contribution < 1.29 is 9.66 Å². The van der Waals surface area contributed by atoms with Crippen LogP contribution in [0, 0.1) is 10.1 Å². The number of rotatable bonds is 10. The molecular formula is C20H22BrNO3. The summed E-state index contributed by atoms with van der Waals surface area (Å²) in [7, 11) is 0. The minimum Gasteiger partial charge on any atom is -0.494 e. The van der Waals surface area contributed by atoms with Gasteiger partial charge in [0.15, 0.2) is 0 Å². The molecule has 0 aliphatic rings. The number of hydrogen-bond acceptors (Lipinski definition) is 3. The van der Waals surface area contributed by atoms with Crippen LogP contribution in [0.3, 0.4) is 0 Å². The zero-order chi connectivity index (χ0) is 17.9. The lowest BCUT2D eigenvalue weighted by Gasteiger charge is -2.06. The molecule has 2 aromatic rings. The van der Waals surface area contributed by atoms with Gasteiger partial charge in [-0.05, 0) is 48.2 Å². The molecular weight excluding hydrogens is 382 g/mol. The minimum absolute atomic E-state index is 0.103. The highest BCUT2D eigenvalue weighted by molar-refractivity contribution is 9.09. The van der Waals surface area contributed by atoms with Crippen LogP contribution in [0.25, 0.3) is 12.2 Å². The molecule has 2 aromatic carbocycles. The maximum Gasteiger partial charge on any atom is 0.269 e. The average Bonchev–Trinajstić information content (AvgIpc) is 2.64. The van der Waals surface area contributed by atoms with E-state index < -0.39 is 4.92 Å². The highest BCUT2D eigenvalue weighted by Crippen LogP contribution is 2.17. The van der Waals surface area contributed by atoms with Gasteiger partial charge in [0.2, 0.25) is 0 Å². The number of benzene rings is 2. The molecule has 25 heavy (non-hydrogen) atoms. The summed E-state index contributed by atoms with van der Waals surface area (Å²) in [5.41, 5.74) is 2.09. The second kappa shape index (κ2) is 10.7.